The van der Waals surface area contributed by atoms with E-state index in [4.69, 9.17) is 10.2 Å². The number of anilines is 2. The minimum atomic E-state index is 0.0745. The summed E-state index contributed by atoms with van der Waals surface area (Å²) in [7, 11) is 0. The lowest BCUT2D eigenvalue weighted by molar-refractivity contribution is 0.570. The summed E-state index contributed by atoms with van der Waals surface area (Å²) in [6.45, 7) is 2.09. The molecule has 5 nitrogen and oxygen atoms in total. The maximum absolute atomic E-state index is 5.35. The van der Waals surface area contributed by atoms with Crippen molar-refractivity contribution in [1.29, 1.82) is 0 Å². The van der Waals surface area contributed by atoms with Gasteiger partial charge in [-0.2, -0.15) is 0 Å². The van der Waals surface area contributed by atoms with E-state index in [-0.39, 0.29) is 12.1 Å². The van der Waals surface area contributed by atoms with E-state index in [1.165, 1.54) is 5.56 Å². The number of rotatable bonds is 4. The van der Waals surface area contributed by atoms with E-state index in [0.29, 0.717) is 6.01 Å². The second kappa shape index (κ2) is 4.65. The van der Waals surface area contributed by atoms with Gasteiger partial charge in [-0.1, -0.05) is 47.5 Å². The van der Waals surface area contributed by atoms with Crippen molar-refractivity contribution in [3.05, 3.63) is 35.9 Å². The number of hydrogen-bond donors (Lipinski definition) is 2. The van der Waals surface area contributed by atoms with Crippen molar-refractivity contribution in [2.75, 3.05) is 11.1 Å². The first-order valence-electron chi connectivity index (χ1n) is 5.20. The standard InChI is InChI=1S/C11H14N4O/c1-2-9(8-6-4-3-5-7-8)13-11-15-14-10(12)16-11/h3-7,9H,2H2,1H3,(H2,12,14)(H,13,15). The van der Waals surface area contributed by atoms with Crippen molar-refractivity contribution in [2.45, 2.75) is 19.4 Å². The smallest absolute Gasteiger partial charge is 0.317 e. The molecule has 0 amide bonds. The maximum Gasteiger partial charge on any atom is 0.317 e. The van der Waals surface area contributed by atoms with E-state index in [1.54, 1.807) is 0 Å². The first kappa shape index (κ1) is 10.5. The van der Waals surface area contributed by atoms with Crippen LogP contribution in [0.15, 0.2) is 34.7 Å². The molecule has 5 heteroatoms. The third-order valence-electron chi connectivity index (χ3n) is 2.35. The van der Waals surface area contributed by atoms with Crippen LogP contribution in [0.25, 0.3) is 0 Å². The van der Waals surface area contributed by atoms with Crippen molar-refractivity contribution in [2.24, 2.45) is 0 Å². The van der Waals surface area contributed by atoms with Crippen LogP contribution in [-0.4, -0.2) is 10.2 Å². The molecule has 0 aliphatic heterocycles. The molecule has 0 saturated heterocycles. The van der Waals surface area contributed by atoms with Gasteiger partial charge in [-0.15, -0.1) is 0 Å². The Hall–Kier alpha value is -2.04. The average molecular weight is 218 g/mol. The minimum absolute atomic E-state index is 0.0745. The van der Waals surface area contributed by atoms with Gasteiger partial charge in [-0.3, -0.25) is 0 Å². The lowest BCUT2D eigenvalue weighted by atomic mass is 10.1. The monoisotopic (exact) mass is 218 g/mol. The molecule has 16 heavy (non-hydrogen) atoms. The Kier molecular flexibility index (Phi) is 3.05. The van der Waals surface area contributed by atoms with Gasteiger partial charge >= 0.3 is 12.0 Å². The Morgan fingerprint density at radius 2 is 2.06 bits per heavy atom. The number of aromatic nitrogens is 2. The molecule has 1 atom stereocenters. The molecule has 0 bridgehead atoms. The minimum Gasteiger partial charge on any atom is -0.390 e. The van der Waals surface area contributed by atoms with Crippen molar-refractivity contribution >= 4 is 12.0 Å². The Morgan fingerprint density at radius 3 is 2.62 bits per heavy atom. The highest BCUT2D eigenvalue weighted by atomic mass is 16.4. The SMILES string of the molecule is CCC(Nc1nnc(N)o1)c1ccccc1. The number of hydrogen-bond acceptors (Lipinski definition) is 5. The lowest BCUT2D eigenvalue weighted by Gasteiger charge is -2.15. The molecule has 0 aliphatic carbocycles. The Morgan fingerprint density at radius 1 is 1.31 bits per heavy atom. The zero-order valence-corrected chi connectivity index (χ0v) is 9.05. The summed E-state index contributed by atoms with van der Waals surface area (Å²) >= 11 is 0. The van der Waals surface area contributed by atoms with Crippen LogP contribution < -0.4 is 11.1 Å². The van der Waals surface area contributed by atoms with Crippen LogP contribution in [0.2, 0.25) is 0 Å². The van der Waals surface area contributed by atoms with Gasteiger partial charge < -0.3 is 15.5 Å². The molecular weight excluding hydrogens is 204 g/mol. The molecule has 0 aliphatic rings. The van der Waals surface area contributed by atoms with Gasteiger partial charge in [0.1, 0.15) is 0 Å². The van der Waals surface area contributed by atoms with Crippen molar-refractivity contribution in [3.8, 4) is 0 Å². The molecule has 0 fully saturated rings. The molecule has 84 valence electrons. The fourth-order valence-electron chi connectivity index (χ4n) is 1.55. The van der Waals surface area contributed by atoms with Crippen LogP contribution in [0.3, 0.4) is 0 Å². The zero-order chi connectivity index (χ0) is 11.4. The summed E-state index contributed by atoms with van der Waals surface area (Å²) < 4.78 is 5.08. The predicted molar refractivity (Wildman–Crippen MR) is 61.8 cm³/mol. The van der Waals surface area contributed by atoms with Gasteiger partial charge in [0.25, 0.3) is 0 Å². The summed E-state index contributed by atoms with van der Waals surface area (Å²) in [5.74, 6) is 0. The maximum atomic E-state index is 5.35. The summed E-state index contributed by atoms with van der Waals surface area (Å²) in [6, 6.07) is 10.7. The summed E-state index contributed by atoms with van der Waals surface area (Å²) in [5, 5.41) is 10.5. The highest BCUT2D eigenvalue weighted by Crippen LogP contribution is 2.21. The quantitative estimate of drug-likeness (QED) is 0.822. The van der Waals surface area contributed by atoms with Crippen LogP contribution in [0.1, 0.15) is 24.9 Å². The largest absolute Gasteiger partial charge is 0.390 e. The van der Waals surface area contributed by atoms with E-state index in [9.17, 15) is 0 Å². The van der Waals surface area contributed by atoms with E-state index < -0.39 is 0 Å². The molecule has 3 N–H and O–H groups in total. The second-order valence-electron chi connectivity index (χ2n) is 3.46. The summed E-state index contributed by atoms with van der Waals surface area (Å²) in [4.78, 5) is 0. The van der Waals surface area contributed by atoms with Gasteiger partial charge in [-0.25, -0.2) is 0 Å². The third kappa shape index (κ3) is 2.31. The van der Waals surface area contributed by atoms with Gasteiger partial charge in [0.05, 0.1) is 6.04 Å². The van der Waals surface area contributed by atoms with E-state index in [0.717, 1.165) is 6.42 Å². The molecule has 1 aromatic heterocycles. The van der Waals surface area contributed by atoms with Crippen LogP contribution in [0, 0.1) is 0 Å². The Labute approximate surface area is 93.7 Å². The van der Waals surface area contributed by atoms with Crippen LogP contribution in [0.5, 0.6) is 0 Å². The van der Waals surface area contributed by atoms with Crippen molar-refractivity contribution in [3.63, 3.8) is 0 Å². The van der Waals surface area contributed by atoms with Gasteiger partial charge in [0.15, 0.2) is 0 Å². The first-order chi connectivity index (χ1) is 7.79. The van der Waals surface area contributed by atoms with Gasteiger partial charge in [0, 0.05) is 0 Å². The average Bonchev–Trinajstić information content (AvgIpc) is 2.73. The molecular formula is C11H14N4O. The van der Waals surface area contributed by atoms with Crippen LogP contribution in [0.4, 0.5) is 12.0 Å². The molecule has 2 rings (SSSR count). The number of benzene rings is 1. The molecule has 1 aromatic carbocycles. The van der Waals surface area contributed by atoms with Crippen molar-refractivity contribution < 1.29 is 4.42 Å². The highest BCUT2D eigenvalue weighted by Gasteiger charge is 2.11. The molecule has 1 heterocycles. The molecule has 0 saturated carbocycles. The Bertz CT molecular complexity index is 440. The first-order valence-corrected chi connectivity index (χ1v) is 5.20. The number of nitrogens with zero attached hydrogens (tertiary/aromatic N) is 2. The molecule has 2 aromatic rings. The number of nitrogens with two attached hydrogens (primary N) is 1. The number of nitrogen functional groups attached to an aromatic ring is 1. The second-order valence-corrected chi connectivity index (χ2v) is 3.46. The fourth-order valence-corrected chi connectivity index (χ4v) is 1.55. The Balaban J connectivity index is 2.12. The van der Waals surface area contributed by atoms with Crippen LogP contribution in [-0.2, 0) is 0 Å². The number of nitrogens with one attached hydrogen (secondary N) is 1. The summed E-state index contributed by atoms with van der Waals surface area (Å²) in [6.07, 6.45) is 0.923. The van der Waals surface area contributed by atoms with Crippen LogP contribution >= 0.6 is 0 Å². The normalized spacial score (nSPS) is 12.3. The van der Waals surface area contributed by atoms with E-state index >= 15 is 0 Å². The zero-order valence-electron chi connectivity index (χ0n) is 9.05. The van der Waals surface area contributed by atoms with E-state index in [1.807, 2.05) is 18.2 Å². The van der Waals surface area contributed by atoms with Gasteiger partial charge in [0.2, 0.25) is 0 Å². The highest BCUT2D eigenvalue weighted by molar-refractivity contribution is 5.30. The van der Waals surface area contributed by atoms with Gasteiger partial charge in [-0.05, 0) is 12.0 Å². The predicted octanol–water partition coefficient (Wildman–Crippen LogP) is 2.21. The lowest BCUT2D eigenvalue weighted by Crippen LogP contribution is -2.09. The third-order valence-corrected chi connectivity index (χ3v) is 2.35. The van der Waals surface area contributed by atoms with Crippen molar-refractivity contribution in [1.82, 2.24) is 10.2 Å². The molecule has 0 spiro atoms. The molecule has 1 unspecified atom stereocenters. The molecule has 0 radical (unpaired) electrons. The van der Waals surface area contributed by atoms with E-state index in [2.05, 4.69) is 34.6 Å². The topological polar surface area (TPSA) is 77.0 Å². The fraction of sp³-hybridized carbons (Fsp3) is 0.273. The summed E-state index contributed by atoms with van der Waals surface area (Å²) in [5.41, 5.74) is 6.54.